The van der Waals surface area contributed by atoms with E-state index in [0.29, 0.717) is 12.2 Å². The second-order valence-corrected chi connectivity index (χ2v) is 5.83. The van der Waals surface area contributed by atoms with E-state index in [4.69, 9.17) is 27.7 Å². The molecule has 0 aliphatic rings. The van der Waals surface area contributed by atoms with Crippen LogP contribution < -0.4 is 27.7 Å². The number of guanidine groups is 2. The van der Waals surface area contributed by atoms with Crippen molar-refractivity contribution in [3.8, 4) is 0 Å². The van der Waals surface area contributed by atoms with Crippen molar-refractivity contribution >= 4 is 40.0 Å². The van der Waals surface area contributed by atoms with Crippen LogP contribution in [-0.4, -0.2) is 26.9 Å². The molecule has 1 aromatic carbocycles. The van der Waals surface area contributed by atoms with Gasteiger partial charge in [-0.1, -0.05) is 13.3 Å². The number of halogens is 1. The summed E-state index contributed by atoms with van der Waals surface area (Å²) in [6.07, 6.45) is 2.08. The van der Waals surface area contributed by atoms with Crippen molar-refractivity contribution in [2.24, 2.45) is 21.6 Å². The van der Waals surface area contributed by atoms with E-state index in [0.717, 1.165) is 12.8 Å². The lowest BCUT2D eigenvalue weighted by atomic mass is 10.3. The average Bonchev–Trinajstić information content (AvgIpc) is 2.38. The topological polar surface area (TPSA) is 186 Å². The lowest BCUT2D eigenvalue weighted by molar-refractivity contribution is 0.598. The first-order valence-electron chi connectivity index (χ1n) is 6.46. The maximum Gasteiger partial charge on any atom is 0.238 e. The molecule has 11 heteroatoms. The van der Waals surface area contributed by atoms with E-state index < -0.39 is 10.0 Å². The Balaban J connectivity index is 0. The van der Waals surface area contributed by atoms with Crippen molar-refractivity contribution in [1.29, 1.82) is 5.41 Å². The summed E-state index contributed by atoms with van der Waals surface area (Å²) in [5.41, 5.74) is 16.2. The van der Waals surface area contributed by atoms with E-state index in [1.807, 2.05) is 0 Å². The number of hydrogen-bond acceptors (Lipinski definition) is 5. The lowest BCUT2D eigenvalue weighted by Crippen LogP contribution is -2.40. The molecule has 0 radical (unpaired) electrons. The molecule has 9 nitrogen and oxygen atoms in total. The maximum absolute atomic E-state index is 10.7. The third-order valence-corrected chi connectivity index (χ3v) is 3.19. The van der Waals surface area contributed by atoms with Crippen LogP contribution in [0.2, 0.25) is 0 Å². The molecule has 132 valence electrons. The van der Waals surface area contributed by atoms with Gasteiger partial charge in [-0.25, -0.2) is 13.6 Å². The molecule has 0 bridgehead atoms. The Kier molecular flexibility index (Phi) is 11.6. The van der Waals surface area contributed by atoms with Gasteiger partial charge in [0.25, 0.3) is 0 Å². The van der Waals surface area contributed by atoms with Gasteiger partial charge in [0.05, 0.1) is 4.90 Å². The number of nitrogen functional groups attached to an aromatic ring is 1. The lowest BCUT2D eigenvalue weighted by Gasteiger charge is -2.00. The van der Waals surface area contributed by atoms with Gasteiger partial charge in [0.2, 0.25) is 10.0 Å². The molecule has 0 unspecified atom stereocenters. The minimum absolute atomic E-state index is 0. The normalized spacial score (nSPS) is 10.8. The molecular formula is C12H24ClN7O2S. The van der Waals surface area contributed by atoms with Gasteiger partial charge in [0.15, 0.2) is 11.9 Å². The maximum atomic E-state index is 10.7. The predicted octanol–water partition coefficient (Wildman–Crippen LogP) is -0.0777. The van der Waals surface area contributed by atoms with Crippen LogP contribution in [0, 0.1) is 5.41 Å². The number of benzene rings is 1. The van der Waals surface area contributed by atoms with Gasteiger partial charge in [0, 0.05) is 12.2 Å². The van der Waals surface area contributed by atoms with Crippen LogP contribution in [0.3, 0.4) is 0 Å². The summed E-state index contributed by atoms with van der Waals surface area (Å²) in [5, 5.41) is 14.0. The van der Waals surface area contributed by atoms with Gasteiger partial charge < -0.3 is 17.2 Å². The predicted molar refractivity (Wildman–Crippen MR) is 95.9 cm³/mol. The number of hydrogen-bond donors (Lipinski definition) is 6. The van der Waals surface area contributed by atoms with Crippen molar-refractivity contribution < 1.29 is 8.42 Å². The third kappa shape index (κ3) is 12.2. The number of rotatable bonds is 4. The molecule has 0 heterocycles. The Morgan fingerprint density at radius 3 is 2.17 bits per heavy atom. The van der Waals surface area contributed by atoms with Crippen molar-refractivity contribution in [2.45, 2.75) is 24.7 Å². The van der Waals surface area contributed by atoms with Crippen LogP contribution in [0.1, 0.15) is 19.8 Å². The number of unbranched alkanes of at least 4 members (excludes halogenated alkanes) is 1. The van der Waals surface area contributed by atoms with Crippen molar-refractivity contribution in [2.75, 3.05) is 12.3 Å². The summed E-state index contributed by atoms with van der Waals surface area (Å²) in [6.45, 7) is 2.76. The summed E-state index contributed by atoms with van der Waals surface area (Å²) in [4.78, 5) is 3.99. The highest BCUT2D eigenvalue weighted by Crippen LogP contribution is 2.08. The van der Waals surface area contributed by atoms with Gasteiger partial charge in [-0.3, -0.25) is 15.7 Å². The molecule has 0 atom stereocenters. The van der Waals surface area contributed by atoms with Gasteiger partial charge >= 0.3 is 0 Å². The van der Waals surface area contributed by atoms with E-state index in [2.05, 4.69) is 17.2 Å². The Labute approximate surface area is 142 Å². The monoisotopic (exact) mass is 365 g/mol. The number of nitrogens with zero attached hydrogens (tertiary/aromatic N) is 1. The highest BCUT2D eigenvalue weighted by atomic mass is 35.5. The SMILES string of the molecule is CCCCN=C(N)NC(=N)N.Cl.Nc1ccc(S(N)(=O)=O)cc1. The highest BCUT2D eigenvalue weighted by molar-refractivity contribution is 7.89. The van der Waals surface area contributed by atoms with Crippen LogP contribution in [0.5, 0.6) is 0 Å². The Morgan fingerprint density at radius 1 is 1.26 bits per heavy atom. The minimum atomic E-state index is -3.58. The van der Waals surface area contributed by atoms with E-state index >= 15 is 0 Å². The van der Waals surface area contributed by atoms with Crippen molar-refractivity contribution in [3.05, 3.63) is 24.3 Å². The van der Waals surface area contributed by atoms with Crippen LogP contribution >= 0.6 is 12.4 Å². The number of nitrogens with two attached hydrogens (primary N) is 4. The molecule has 0 aromatic heterocycles. The zero-order chi connectivity index (χ0) is 17.2. The summed E-state index contributed by atoms with van der Waals surface area (Å²) in [6, 6.07) is 5.70. The van der Waals surface area contributed by atoms with Crippen molar-refractivity contribution in [1.82, 2.24) is 5.32 Å². The molecular weight excluding hydrogens is 342 g/mol. The van der Waals surface area contributed by atoms with Crippen LogP contribution in [-0.2, 0) is 10.0 Å². The number of primary sulfonamides is 1. The van der Waals surface area contributed by atoms with E-state index in [1.165, 1.54) is 24.3 Å². The van der Waals surface area contributed by atoms with Gasteiger partial charge in [-0.2, -0.15) is 0 Å². The van der Waals surface area contributed by atoms with Crippen LogP contribution in [0.25, 0.3) is 0 Å². The van der Waals surface area contributed by atoms with Crippen molar-refractivity contribution in [3.63, 3.8) is 0 Å². The number of sulfonamides is 1. The molecule has 0 spiro atoms. The zero-order valence-corrected chi connectivity index (χ0v) is 14.5. The molecule has 23 heavy (non-hydrogen) atoms. The number of aliphatic imine (C=N–C) groups is 1. The molecule has 1 rings (SSSR count). The van der Waals surface area contributed by atoms with Gasteiger partial charge in [0.1, 0.15) is 0 Å². The first-order chi connectivity index (χ1) is 10.2. The smallest absolute Gasteiger partial charge is 0.238 e. The zero-order valence-electron chi connectivity index (χ0n) is 12.8. The highest BCUT2D eigenvalue weighted by Gasteiger charge is 2.04. The molecule has 0 saturated heterocycles. The number of nitrogens with one attached hydrogen (secondary N) is 2. The van der Waals surface area contributed by atoms with E-state index in [9.17, 15) is 8.42 Å². The van der Waals surface area contributed by atoms with Gasteiger partial charge in [-0.05, 0) is 30.7 Å². The second-order valence-electron chi connectivity index (χ2n) is 4.27. The van der Waals surface area contributed by atoms with Crippen LogP contribution in [0.15, 0.2) is 34.2 Å². The minimum Gasteiger partial charge on any atom is -0.399 e. The quantitative estimate of drug-likeness (QED) is 0.187. The first-order valence-corrected chi connectivity index (χ1v) is 8.00. The van der Waals surface area contributed by atoms with E-state index in [1.54, 1.807) is 0 Å². The Bertz CT molecular complexity index is 602. The standard InChI is InChI=1S/C6H15N5.C6H8N2O2S.ClH/c1-2-3-4-10-6(9)11-5(7)8;7-5-1-3-6(4-2-5)11(8,9)10;/h2-4H2,1H3,(H6,7,8,9,10,11);1-4H,7H2,(H2,8,9,10);1H. The third-order valence-electron chi connectivity index (χ3n) is 2.27. The summed E-state index contributed by atoms with van der Waals surface area (Å²) in [5.74, 6) is 0.0358. The van der Waals surface area contributed by atoms with Gasteiger partial charge in [-0.15, -0.1) is 12.4 Å². The average molecular weight is 366 g/mol. The largest absolute Gasteiger partial charge is 0.399 e. The Morgan fingerprint density at radius 2 is 1.78 bits per heavy atom. The van der Waals surface area contributed by atoms with E-state index in [-0.39, 0.29) is 29.2 Å². The first kappa shape index (κ1) is 23.2. The fourth-order valence-corrected chi connectivity index (χ4v) is 1.71. The molecule has 0 amide bonds. The fraction of sp³-hybridized carbons (Fsp3) is 0.333. The molecule has 10 N–H and O–H groups in total. The molecule has 0 saturated carbocycles. The number of anilines is 1. The summed E-state index contributed by atoms with van der Waals surface area (Å²) in [7, 11) is -3.58. The molecule has 0 aliphatic heterocycles. The summed E-state index contributed by atoms with van der Waals surface area (Å²) >= 11 is 0. The molecule has 0 aliphatic carbocycles. The Hall–Kier alpha value is -2.04. The fourth-order valence-electron chi connectivity index (χ4n) is 1.19. The molecule has 0 fully saturated rings. The molecule has 1 aromatic rings. The van der Waals surface area contributed by atoms with Crippen LogP contribution in [0.4, 0.5) is 5.69 Å². The summed E-state index contributed by atoms with van der Waals surface area (Å²) < 4.78 is 21.4. The second kappa shape index (κ2) is 11.5.